The molecule has 0 radical (unpaired) electrons. The van der Waals surface area contributed by atoms with Gasteiger partial charge in [0.15, 0.2) is 0 Å². The second-order valence-electron chi connectivity index (χ2n) is 1.72. The van der Waals surface area contributed by atoms with Crippen molar-refractivity contribution in [1.29, 1.82) is 0 Å². The standard InChI is InChI=1S/C4H9N.C2H5Cl.ClH/c1-2-4-5-3-1;1-2-3;/h5H,1-4H2;2H2,1H3;1H. The smallest absolute Gasteiger partial charge is 0.0195 e. The summed E-state index contributed by atoms with van der Waals surface area (Å²) in [5.74, 6) is 0.722. The van der Waals surface area contributed by atoms with Crippen LogP contribution in [0.5, 0.6) is 0 Å². The molecule has 0 aromatic rings. The molecule has 0 unspecified atom stereocenters. The Hall–Kier alpha value is 0.540. The maximum atomic E-state index is 5.00. The summed E-state index contributed by atoms with van der Waals surface area (Å²) in [4.78, 5) is 0. The van der Waals surface area contributed by atoms with Crippen molar-refractivity contribution in [3.8, 4) is 0 Å². The van der Waals surface area contributed by atoms with Crippen LogP contribution in [0, 0.1) is 0 Å². The lowest BCUT2D eigenvalue weighted by Crippen LogP contribution is -2.03. The van der Waals surface area contributed by atoms with E-state index in [0.29, 0.717) is 0 Å². The minimum absolute atomic E-state index is 0. The third-order valence-electron chi connectivity index (χ3n) is 0.957. The Bertz CT molecular complexity index is 30.4. The lowest BCUT2D eigenvalue weighted by atomic mass is 10.4. The van der Waals surface area contributed by atoms with Gasteiger partial charge in [-0.15, -0.1) is 24.0 Å². The predicted octanol–water partition coefficient (Wildman–Crippen LogP) is 2.04. The highest BCUT2D eigenvalue weighted by atomic mass is 35.5. The van der Waals surface area contributed by atoms with Gasteiger partial charge in [-0.25, -0.2) is 0 Å². The molecule has 1 N–H and O–H groups in total. The van der Waals surface area contributed by atoms with Gasteiger partial charge in [0.25, 0.3) is 0 Å². The van der Waals surface area contributed by atoms with Gasteiger partial charge < -0.3 is 5.32 Å². The Morgan fingerprint density at radius 1 is 1.33 bits per heavy atom. The first-order chi connectivity index (χ1) is 3.91. The van der Waals surface area contributed by atoms with Crippen LogP contribution in [0.3, 0.4) is 0 Å². The fourth-order valence-electron chi connectivity index (χ4n) is 0.625. The van der Waals surface area contributed by atoms with Crippen molar-refractivity contribution in [1.82, 2.24) is 5.32 Å². The van der Waals surface area contributed by atoms with Crippen LogP contribution in [0.4, 0.5) is 0 Å². The maximum absolute atomic E-state index is 5.00. The topological polar surface area (TPSA) is 12.0 Å². The lowest BCUT2D eigenvalue weighted by molar-refractivity contribution is 0.857. The van der Waals surface area contributed by atoms with E-state index in [1.807, 2.05) is 6.92 Å². The number of alkyl halides is 1. The summed E-state index contributed by atoms with van der Waals surface area (Å²) in [5.41, 5.74) is 0. The van der Waals surface area contributed by atoms with Crippen molar-refractivity contribution in [3.63, 3.8) is 0 Å². The predicted molar refractivity (Wildman–Crippen MR) is 45.7 cm³/mol. The summed E-state index contributed by atoms with van der Waals surface area (Å²) >= 11 is 5.00. The van der Waals surface area contributed by atoms with Crippen molar-refractivity contribution >= 4 is 24.0 Å². The molecule has 0 aliphatic carbocycles. The van der Waals surface area contributed by atoms with Gasteiger partial charge in [0.05, 0.1) is 0 Å². The van der Waals surface area contributed by atoms with E-state index in [4.69, 9.17) is 11.6 Å². The molecule has 1 nitrogen and oxygen atoms in total. The van der Waals surface area contributed by atoms with Gasteiger partial charge in [-0.2, -0.15) is 0 Å². The van der Waals surface area contributed by atoms with Crippen LogP contribution < -0.4 is 5.32 Å². The van der Waals surface area contributed by atoms with E-state index in [-0.39, 0.29) is 12.4 Å². The molecule has 0 bridgehead atoms. The summed E-state index contributed by atoms with van der Waals surface area (Å²) in [6.07, 6.45) is 2.78. The average Bonchev–Trinajstić information content (AvgIpc) is 2.17. The summed E-state index contributed by atoms with van der Waals surface area (Å²) in [5, 5.41) is 3.22. The highest BCUT2D eigenvalue weighted by Crippen LogP contribution is 1.90. The minimum atomic E-state index is 0. The Kier molecular flexibility index (Phi) is 15.4. The number of hydrogen-bond acceptors (Lipinski definition) is 1. The van der Waals surface area contributed by atoms with Crippen LogP contribution >= 0.6 is 24.0 Å². The molecule has 3 heteroatoms. The molecule has 1 heterocycles. The SMILES string of the molecule is C1CCNC1.CCCl.Cl. The monoisotopic (exact) mass is 171 g/mol. The van der Waals surface area contributed by atoms with Crippen molar-refractivity contribution < 1.29 is 0 Å². The summed E-state index contributed by atoms with van der Waals surface area (Å²) in [7, 11) is 0. The Balaban J connectivity index is 0. The third kappa shape index (κ3) is 11.9. The number of halogens is 2. The van der Waals surface area contributed by atoms with Crippen LogP contribution in [-0.4, -0.2) is 19.0 Å². The zero-order valence-corrected chi connectivity index (χ0v) is 7.39. The lowest BCUT2D eigenvalue weighted by Gasteiger charge is -1.76. The molecule has 0 aromatic carbocycles. The van der Waals surface area contributed by atoms with E-state index in [9.17, 15) is 0 Å². The molecular formula is C6H15Cl2N. The first kappa shape index (κ1) is 12.2. The Labute approximate surface area is 68.6 Å². The average molecular weight is 172 g/mol. The molecular weight excluding hydrogens is 157 g/mol. The van der Waals surface area contributed by atoms with Crippen LogP contribution in [0.15, 0.2) is 0 Å². The molecule has 0 amide bonds. The molecule has 9 heavy (non-hydrogen) atoms. The van der Waals surface area contributed by atoms with Crippen molar-refractivity contribution in [3.05, 3.63) is 0 Å². The summed E-state index contributed by atoms with van der Waals surface area (Å²) < 4.78 is 0. The molecule has 1 fully saturated rings. The van der Waals surface area contributed by atoms with Gasteiger partial charge in [-0.1, -0.05) is 6.92 Å². The molecule has 1 rings (SSSR count). The van der Waals surface area contributed by atoms with Gasteiger partial charge in [0.1, 0.15) is 0 Å². The molecule has 0 atom stereocenters. The van der Waals surface area contributed by atoms with Crippen molar-refractivity contribution in [2.24, 2.45) is 0 Å². The quantitative estimate of drug-likeness (QED) is 0.551. The minimum Gasteiger partial charge on any atom is -0.317 e. The molecule has 0 saturated carbocycles. The molecule has 0 aromatic heterocycles. The second kappa shape index (κ2) is 11.4. The zero-order chi connectivity index (χ0) is 6.24. The van der Waals surface area contributed by atoms with E-state index in [1.54, 1.807) is 0 Å². The fraction of sp³-hybridized carbons (Fsp3) is 1.00. The highest BCUT2D eigenvalue weighted by Gasteiger charge is 1.93. The number of rotatable bonds is 0. The molecule has 1 saturated heterocycles. The molecule has 0 spiro atoms. The first-order valence-electron chi connectivity index (χ1n) is 3.18. The van der Waals surface area contributed by atoms with Crippen molar-refractivity contribution in [2.75, 3.05) is 19.0 Å². The van der Waals surface area contributed by atoms with Gasteiger partial charge in [-0.05, 0) is 25.9 Å². The highest BCUT2D eigenvalue weighted by molar-refractivity contribution is 6.17. The van der Waals surface area contributed by atoms with E-state index in [1.165, 1.54) is 25.9 Å². The molecule has 1 aliphatic rings. The summed E-state index contributed by atoms with van der Waals surface area (Å²) in [6, 6.07) is 0. The van der Waals surface area contributed by atoms with Crippen LogP contribution in [-0.2, 0) is 0 Å². The van der Waals surface area contributed by atoms with Crippen molar-refractivity contribution in [2.45, 2.75) is 19.8 Å². The zero-order valence-electron chi connectivity index (χ0n) is 5.82. The Morgan fingerprint density at radius 2 is 1.67 bits per heavy atom. The molecule has 1 aliphatic heterocycles. The largest absolute Gasteiger partial charge is 0.317 e. The van der Waals surface area contributed by atoms with Gasteiger partial charge in [0, 0.05) is 5.88 Å². The second-order valence-corrected chi connectivity index (χ2v) is 2.26. The van der Waals surface area contributed by atoms with E-state index < -0.39 is 0 Å². The maximum Gasteiger partial charge on any atom is 0.0195 e. The summed E-state index contributed by atoms with van der Waals surface area (Å²) in [6.45, 7) is 4.39. The molecule has 58 valence electrons. The van der Waals surface area contributed by atoms with Gasteiger partial charge >= 0.3 is 0 Å². The van der Waals surface area contributed by atoms with E-state index >= 15 is 0 Å². The Morgan fingerprint density at radius 3 is 1.78 bits per heavy atom. The van der Waals surface area contributed by atoms with Gasteiger partial charge in [-0.3, -0.25) is 0 Å². The number of nitrogens with one attached hydrogen (secondary N) is 1. The van der Waals surface area contributed by atoms with E-state index in [2.05, 4.69) is 5.32 Å². The fourth-order valence-corrected chi connectivity index (χ4v) is 0.625. The normalized spacial score (nSPS) is 15.3. The van der Waals surface area contributed by atoms with E-state index in [0.717, 1.165) is 5.88 Å². The van der Waals surface area contributed by atoms with Crippen LogP contribution in [0.1, 0.15) is 19.8 Å². The first-order valence-corrected chi connectivity index (χ1v) is 3.72. The third-order valence-corrected chi connectivity index (χ3v) is 0.957. The van der Waals surface area contributed by atoms with Gasteiger partial charge in [0.2, 0.25) is 0 Å². The van der Waals surface area contributed by atoms with Crippen LogP contribution in [0.2, 0.25) is 0 Å². The number of hydrogen-bond donors (Lipinski definition) is 1. The van der Waals surface area contributed by atoms with Crippen LogP contribution in [0.25, 0.3) is 0 Å².